The highest BCUT2D eigenvalue weighted by molar-refractivity contribution is 6.31. The highest BCUT2D eigenvalue weighted by atomic mass is 35.5. The van der Waals surface area contributed by atoms with Crippen molar-refractivity contribution in [1.29, 1.82) is 0 Å². The van der Waals surface area contributed by atoms with Gasteiger partial charge < -0.3 is 0 Å². The summed E-state index contributed by atoms with van der Waals surface area (Å²) in [5, 5.41) is 0.561. The van der Waals surface area contributed by atoms with E-state index < -0.39 is 6.43 Å². The summed E-state index contributed by atoms with van der Waals surface area (Å²) in [4.78, 5) is 7.92. The topological polar surface area (TPSA) is 25.8 Å². The van der Waals surface area contributed by atoms with Crippen LogP contribution in [0.1, 0.15) is 29.1 Å². The quantitative estimate of drug-likeness (QED) is 0.782. The van der Waals surface area contributed by atoms with Gasteiger partial charge in [-0.1, -0.05) is 29.8 Å². The highest BCUT2D eigenvalue weighted by Gasteiger charge is 2.16. The molecule has 100 valence electrons. The summed E-state index contributed by atoms with van der Waals surface area (Å²) in [7, 11) is 0. The van der Waals surface area contributed by atoms with Crippen LogP contribution in [-0.4, -0.2) is 9.97 Å². The Bertz CT molecular complexity index is 576. The van der Waals surface area contributed by atoms with Crippen LogP contribution in [0.3, 0.4) is 0 Å². The second-order valence-corrected chi connectivity index (χ2v) is 4.57. The summed E-state index contributed by atoms with van der Waals surface area (Å²) in [5.41, 5.74) is 0.731. The second-order valence-electron chi connectivity index (χ2n) is 3.90. The maximum absolute atomic E-state index is 12.8. The third kappa shape index (κ3) is 3.39. The van der Waals surface area contributed by atoms with Gasteiger partial charge in [-0.3, -0.25) is 0 Å². The summed E-state index contributed by atoms with van der Waals surface area (Å²) in [6.45, 7) is 0. The number of hydrogen-bond acceptors (Lipinski definition) is 2. The highest BCUT2D eigenvalue weighted by Crippen LogP contribution is 2.23. The zero-order chi connectivity index (χ0) is 13.8. The average Bonchev–Trinajstić information content (AvgIpc) is 2.41. The summed E-state index contributed by atoms with van der Waals surface area (Å²) in [6, 6.07) is 7.16. The molecule has 2 nitrogen and oxygen atoms in total. The lowest BCUT2D eigenvalue weighted by Crippen LogP contribution is -2.04. The zero-order valence-electron chi connectivity index (χ0n) is 9.78. The fraction of sp³-hybridized carbons (Fsp3) is 0.231. The molecule has 1 aromatic heterocycles. The Morgan fingerprint density at radius 3 is 2.53 bits per heavy atom. The van der Waals surface area contributed by atoms with E-state index in [1.54, 1.807) is 12.1 Å². The van der Waals surface area contributed by atoms with E-state index in [-0.39, 0.29) is 17.1 Å². The Hall–Kier alpha value is -1.26. The van der Waals surface area contributed by atoms with Crippen LogP contribution in [0.2, 0.25) is 5.02 Å². The Labute approximate surface area is 119 Å². The van der Waals surface area contributed by atoms with Crippen LogP contribution in [0.25, 0.3) is 0 Å². The Balaban J connectivity index is 2.31. The first-order valence-corrected chi connectivity index (χ1v) is 6.45. The molecule has 2 rings (SSSR count). The Morgan fingerprint density at radius 2 is 1.89 bits per heavy atom. The van der Waals surface area contributed by atoms with E-state index in [9.17, 15) is 8.78 Å². The van der Waals surface area contributed by atoms with Gasteiger partial charge in [0, 0.05) is 23.2 Å². The summed E-state index contributed by atoms with van der Waals surface area (Å²) in [5.74, 6) is 0.267. The van der Waals surface area contributed by atoms with Gasteiger partial charge in [0.1, 0.15) is 11.5 Å². The molecule has 0 aliphatic rings. The molecule has 0 unspecified atom stereocenters. The molecule has 2 aromatic rings. The Morgan fingerprint density at radius 1 is 1.16 bits per heavy atom. The van der Waals surface area contributed by atoms with E-state index in [1.165, 1.54) is 6.20 Å². The molecule has 0 saturated carbocycles. The number of hydrogen-bond donors (Lipinski definition) is 0. The van der Waals surface area contributed by atoms with Crippen molar-refractivity contribution >= 4 is 23.2 Å². The summed E-state index contributed by atoms with van der Waals surface area (Å²) in [6.07, 6.45) is -1.02. The first-order chi connectivity index (χ1) is 9.11. The van der Waals surface area contributed by atoms with E-state index in [2.05, 4.69) is 9.97 Å². The molecule has 1 heterocycles. The van der Waals surface area contributed by atoms with Crippen LogP contribution in [0.4, 0.5) is 8.78 Å². The normalized spacial score (nSPS) is 11.0. The first kappa shape index (κ1) is 14.2. The summed E-state index contributed by atoms with van der Waals surface area (Å²) >= 11 is 11.6. The third-order valence-corrected chi connectivity index (χ3v) is 3.26. The molecule has 0 aliphatic carbocycles. The molecule has 0 N–H and O–H groups in total. The van der Waals surface area contributed by atoms with Crippen molar-refractivity contribution in [2.75, 3.05) is 0 Å². The fourth-order valence-corrected chi connectivity index (χ4v) is 2.06. The molecular formula is C13H10Cl2F2N2. The fourth-order valence-electron chi connectivity index (χ4n) is 1.65. The molecule has 0 saturated heterocycles. The van der Waals surface area contributed by atoms with Crippen molar-refractivity contribution in [2.24, 2.45) is 0 Å². The van der Waals surface area contributed by atoms with Crippen molar-refractivity contribution in [1.82, 2.24) is 9.97 Å². The van der Waals surface area contributed by atoms with Gasteiger partial charge in [0.2, 0.25) is 0 Å². The molecule has 0 fully saturated rings. The van der Waals surface area contributed by atoms with Crippen molar-refractivity contribution < 1.29 is 8.78 Å². The predicted molar refractivity (Wildman–Crippen MR) is 70.8 cm³/mol. The van der Waals surface area contributed by atoms with Crippen molar-refractivity contribution in [3.63, 3.8) is 0 Å². The maximum Gasteiger partial charge on any atom is 0.280 e. The van der Waals surface area contributed by atoms with Gasteiger partial charge in [0.15, 0.2) is 0 Å². The molecule has 0 bridgehead atoms. The monoisotopic (exact) mass is 302 g/mol. The SMILES string of the molecule is FC(F)c1nc(Cc2ccccc2Cl)ncc1CCl. The van der Waals surface area contributed by atoms with Crippen molar-refractivity contribution in [3.8, 4) is 0 Å². The molecule has 0 spiro atoms. The molecule has 0 amide bonds. The number of benzene rings is 1. The molecule has 0 radical (unpaired) electrons. The number of halogens is 4. The second kappa shape index (κ2) is 6.26. The van der Waals surface area contributed by atoms with Gasteiger partial charge in [0.05, 0.1) is 5.88 Å². The van der Waals surface area contributed by atoms with Crippen LogP contribution in [-0.2, 0) is 12.3 Å². The van der Waals surface area contributed by atoms with Crippen LogP contribution >= 0.6 is 23.2 Å². The molecule has 1 aromatic carbocycles. The number of rotatable bonds is 4. The van der Waals surface area contributed by atoms with Gasteiger partial charge >= 0.3 is 0 Å². The van der Waals surface area contributed by atoms with Gasteiger partial charge in [-0.05, 0) is 11.6 Å². The van der Waals surface area contributed by atoms with Crippen LogP contribution in [0.15, 0.2) is 30.5 Å². The minimum absolute atomic E-state index is 0.0357. The zero-order valence-corrected chi connectivity index (χ0v) is 11.3. The van der Waals surface area contributed by atoms with Gasteiger partial charge in [-0.2, -0.15) is 0 Å². The minimum atomic E-state index is -2.67. The van der Waals surface area contributed by atoms with Gasteiger partial charge in [0.25, 0.3) is 6.43 Å². The number of aromatic nitrogens is 2. The standard InChI is InChI=1S/C13H10Cl2F2N2/c14-6-9-7-18-11(19-12(9)13(16)17)5-8-3-1-2-4-10(8)15/h1-4,7,13H,5-6H2. The lowest BCUT2D eigenvalue weighted by atomic mass is 10.1. The van der Waals surface area contributed by atoms with E-state index in [1.807, 2.05) is 12.1 Å². The van der Waals surface area contributed by atoms with Gasteiger partial charge in [-0.15, -0.1) is 11.6 Å². The lowest BCUT2D eigenvalue weighted by molar-refractivity contribution is 0.144. The minimum Gasteiger partial charge on any atom is -0.241 e. The molecule has 0 aliphatic heterocycles. The van der Waals surface area contributed by atoms with E-state index >= 15 is 0 Å². The van der Waals surface area contributed by atoms with Crippen LogP contribution in [0, 0.1) is 0 Å². The first-order valence-electron chi connectivity index (χ1n) is 5.54. The molecule has 6 heteroatoms. The van der Waals surface area contributed by atoms with E-state index in [4.69, 9.17) is 23.2 Å². The lowest BCUT2D eigenvalue weighted by Gasteiger charge is -2.08. The smallest absolute Gasteiger partial charge is 0.241 e. The predicted octanol–water partition coefficient (Wildman–Crippen LogP) is 4.40. The van der Waals surface area contributed by atoms with Gasteiger partial charge in [-0.25, -0.2) is 18.7 Å². The third-order valence-electron chi connectivity index (χ3n) is 2.60. The summed E-state index contributed by atoms with van der Waals surface area (Å²) < 4.78 is 25.7. The Kier molecular flexibility index (Phi) is 4.66. The van der Waals surface area contributed by atoms with E-state index in [0.717, 1.165) is 5.56 Å². The average molecular weight is 303 g/mol. The van der Waals surface area contributed by atoms with Crippen LogP contribution < -0.4 is 0 Å². The largest absolute Gasteiger partial charge is 0.280 e. The van der Waals surface area contributed by atoms with Crippen molar-refractivity contribution in [2.45, 2.75) is 18.7 Å². The molecule has 19 heavy (non-hydrogen) atoms. The number of nitrogens with zero attached hydrogens (tertiary/aromatic N) is 2. The van der Waals surface area contributed by atoms with Crippen molar-refractivity contribution in [3.05, 3.63) is 58.1 Å². The van der Waals surface area contributed by atoms with E-state index in [0.29, 0.717) is 17.3 Å². The molecular weight excluding hydrogens is 293 g/mol. The molecule has 0 atom stereocenters. The van der Waals surface area contributed by atoms with Crippen LogP contribution in [0.5, 0.6) is 0 Å². The number of alkyl halides is 3. The maximum atomic E-state index is 12.8.